The van der Waals surface area contributed by atoms with Gasteiger partial charge in [-0.15, -0.1) is 0 Å². The van der Waals surface area contributed by atoms with E-state index < -0.39 is 12.0 Å². The molecule has 110 valence electrons. The fraction of sp³-hybridized carbons (Fsp3) is 0.588. The lowest BCUT2D eigenvalue weighted by atomic mass is 9.78. The summed E-state index contributed by atoms with van der Waals surface area (Å²) in [6.07, 6.45) is 1.59. The highest BCUT2D eigenvalue weighted by atomic mass is 16.4. The van der Waals surface area contributed by atoms with Gasteiger partial charge in [-0.25, -0.2) is 4.79 Å². The quantitative estimate of drug-likeness (QED) is 0.908. The molecule has 20 heavy (non-hydrogen) atoms. The molecule has 0 unspecified atom stereocenters. The van der Waals surface area contributed by atoms with Crippen LogP contribution in [0.4, 0.5) is 5.69 Å². The average Bonchev–Trinajstić information content (AvgIpc) is 2.33. The van der Waals surface area contributed by atoms with E-state index in [1.165, 1.54) is 11.1 Å². The number of carboxylic acid groups (broad SMARTS) is 1. The summed E-state index contributed by atoms with van der Waals surface area (Å²) in [7, 11) is 0. The maximum absolute atomic E-state index is 11.6. The molecule has 1 aromatic rings. The van der Waals surface area contributed by atoms with Crippen LogP contribution in [0.5, 0.6) is 0 Å². The van der Waals surface area contributed by atoms with E-state index in [0.717, 1.165) is 12.1 Å². The zero-order chi connectivity index (χ0) is 15.1. The Labute approximate surface area is 121 Å². The highest BCUT2D eigenvalue weighted by molar-refractivity contribution is 5.80. The molecule has 3 heteroatoms. The molecule has 0 fully saturated rings. The normalized spacial score (nSPS) is 22.2. The van der Waals surface area contributed by atoms with Crippen molar-refractivity contribution in [2.24, 2.45) is 0 Å². The fourth-order valence-corrected chi connectivity index (χ4v) is 3.63. The van der Waals surface area contributed by atoms with Gasteiger partial charge in [-0.3, -0.25) is 0 Å². The second-order valence-corrected chi connectivity index (χ2v) is 6.61. The first kappa shape index (κ1) is 14.9. The number of hydrogen-bond acceptors (Lipinski definition) is 2. The van der Waals surface area contributed by atoms with E-state index in [2.05, 4.69) is 50.8 Å². The maximum Gasteiger partial charge on any atom is 0.326 e. The smallest absolute Gasteiger partial charge is 0.326 e. The van der Waals surface area contributed by atoms with E-state index in [1.54, 1.807) is 0 Å². The van der Waals surface area contributed by atoms with E-state index in [9.17, 15) is 9.90 Å². The van der Waals surface area contributed by atoms with Crippen molar-refractivity contribution >= 4 is 11.7 Å². The Balaban J connectivity index is 2.59. The number of carbonyl (C=O) groups is 1. The van der Waals surface area contributed by atoms with Crippen molar-refractivity contribution in [1.82, 2.24) is 0 Å². The lowest BCUT2D eigenvalue weighted by molar-refractivity contribution is -0.139. The van der Waals surface area contributed by atoms with Crippen LogP contribution in [0.1, 0.15) is 57.6 Å². The van der Waals surface area contributed by atoms with E-state index in [4.69, 9.17) is 0 Å². The van der Waals surface area contributed by atoms with Crippen molar-refractivity contribution in [3.8, 4) is 0 Å². The molecule has 2 atom stereocenters. The number of fused-ring (bicyclic) bond motifs is 1. The largest absolute Gasteiger partial charge is 0.480 e. The minimum absolute atomic E-state index is 0.138. The highest BCUT2D eigenvalue weighted by Gasteiger charge is 2.41. The molecule has 0 aromatic heterocycles. The van der Waals surface area contributed by atoms with E-state index in [1.807, 2.05) is 6.92 Å². The predicted molar refractivity (Wildman–Crippen MR) is 82.5 cm³/mol. The molecule has 0 amide bonds. The van der Waals surface area contributed by atoms with Crippen LogP contribution in [-0.2, 0) is 4.79 Å². The third kappa shape index (κ3) is 2.41. The maximum atomic E-state index is 11.6. The van der Waals surface area contributed by atoms with Gasteiger partial charge in [0.05, 0.1) is 0 Å². The Bertz CT molecular complexity index is 522. The summed E-state index contributed by atoms with van der Waals surface area (Å²) in [5.41, 5.74) is 3.47. The number of aryl methyl sites for hydroxylation is 1. The van der Waals surface area contributed by atoms with Crippen LogP contribution in [0, 0.1) is 6.92 Å². The topological polar surface area (TPSA) is 40.5 Å². The number of hydrogen-bond donors (Lipinski definition) is 1. The standard InChI is InChI=1S/C17H25NO2/c1-6-14(16(19)20)18-15-8-7-11(2)9-13(15)12(3)10-17(18,4)5/h7-9,12,14H,6,10H2,1-5H3,(H,19,20)/t12-,14-/m1/s1. The summed E-state index contributed by atoms with van der Waals surface area (Å²) in [6.45, 7) is 10.6. The van der Waals surface area contributed by atoms with E-state index in [-0.39, 0.29) is 5.54 Å². The van der Waals surface area contributed by atoms with Crippen LogP contribution in [0.25, 0.3) is 0 Å². The Morgan fingerprint density at radius 3 is 2.70 bits per heavy atom. The van der Waals surface area contributed by atoms with Gasteiger partial charge in [0.25, 0.3) is 0 Å². The minimum atomic E-state index is -0.735. The van der Waals surface area contributed by atoms with Gasteiger partial charge < -0.3 is 10.0 Å². The molecule has 0 aliphatic carbocycles. The summed E-state index contributed by atoms with van der Waals surface area (Å²) in [4.78, 5) is 13.7. The van der Waals surface area contributed by atoms with E-state index >= 15 is 0 Å². The molecule has 0 spiro atoms. The summed E-state index contributed by atoms with van der Waals surface area (Å²) in [5, 5.41) is 9.56. The molecule has 1 aliphatic heterocycles. The summed E-state index contributed by atoms with van der Waals surface area (Å²) in [6, 6.07) is 5.91. The number of aliphatic carboxylic acids is 1. The van der Waals surface area contributed by atoms with Gasteiger partial charge in [0.1, 0.15) is 6.04 Å². The van der Waals surface area contributed by atoms with Crippen molar-refractivity contribution in [3.63, 3.8) is 0 Å². The summed E-state index contributed by atoms with van der Waals surface area (Å²) >= 11 is 0. The average molecular weight is 275 g/mol. The van der Waals surface area contributed by atoms with Crippen LogP contribution in [-0.4, -0.2) is 22.7 Å². The first-order valence-electron chi connectivity index (χ1n) is 7.40. The molecule has 0 bridgehead atoms. The number of anilines is 1. The number of benzene rings is 1. The minimum Gasteiger partial charge on any atom is -0.480 e. The van der Waals surface area contributed by atoms with Crippen molar-refractivity contribution in [2.45, 2.75) is 65.0 Å². The number of carboxylic acids is 1. The van der Waals surface area contributed by atoms with Crippen molar-refractivity contribution in [2.75, 3.05) is 4.90 Å². The number of rotatable bonds is 3. The second-order valence-electron chi connectivity index (χ2n) is 6.61. The third-order valence-corrected chi connectivity index (χ3v) is 4.41. The first-order chi connectivity index (χ1) is 9.27. The number of nitrogens with zero attached hydrogens (tertiary/aromatic N) is 1. The van der Waals surface area contributed by atoms with Gasteiger partial charge in [0, 0.05) is 11.2 Å². The van der Waals surface area contributed by atoms with Gasteiger partial charge in [0.15, 0.2) is 0 Å². The molecular weight excluding hydrogens is 250 g/mol. The molecule has 0 saturated heterocycles. The summed E-state index contributed by atoms with van der Waals surface area (Å²) < 4.78 is 0. The van der Waals surface area contributed by atoms with Crippen molar-refractivity contribution < 1.29 is 9.90 Å². The second kappa shape index (κ2) is 5.12. The summed E-state index contributed by atoms with van der Waals surface area (Å²) in [5.74, 6) is -0.274. The van der Waals surface area contributed by atoms with Gasteiger partial charge in [-0.05, 0) is 51.2 Å². The molecule has 3 nitrogen and oxygen atoms in total. The molecule has 1 heterocycles. The molecule has 0 saturated carbocycles. The zero-order valence-corrected chi connectivity index (χ0v) is 13.1. The first-order valence-corrected chi connectivity index (χ1v) is 7.40. The van der Waals surface area contributed by atoms with Gasteiger partial charge >= 0.3 is 5.97 Å². The molecule has 1 N–H and O–H groups in total. The fourth-order valence-electron chi connectivity index (χ4n) is 3.63. The Kier molecular flexibility index (Phi) is 3.81. The van der Waals surface area contributed by atoms with Crippen LogP contribution in [0.15, 0.2) is 18.2 Å². The molecule has 0 radical (unpaired) electrons. The van der Waals surface area contributed by atoms with Gasteiger partial charge in [0.2, 0.25) is 0 Å². The molecule has 2 rings (SSSR count). The van der Waals surface area contributed by atoms with Crippen molar-refractivity contribution in [3.05, 3.63) is 29.3 Å². The Morgan fingerprint density at radius 1 is 1.50 bits per heavy atom. The SMILES string of the molecule is CC[C@H](C(=O)O)N1c2ccc(C)cc2[C@H](C)CC1(C)C. The van der Waals surface area contributed by atoms with Crippen LogP contribution in [0.2, 0.25) is 0 Å². The van der Waals surface area contributed by atoms with Gasteiger partial charge in [-0.2, -0.15) is 0 Å². The molecule has 1 aliphatic rings. The lowest BCUT2D eigenvalue weighted by Gasteiger charge is -2.50. The monoisotopic (exact) mass is 275 g/mol. The predicted octanol–water partition coefficient (Wildman–Crippen LogP) is 3.95. The molecule has 1 aromatic carbocycles. The van der Waals surface area contributed by atoms with Crippen molar-refractivity contribution in [1.29, 1.82) is 0 Å². The highest BCUT2D eigenvalue weighted by Crippen LogP contribution is 2.45. The van der Waals surface area contributed by atoms with Crippen LogP contribution >= 0.6 is 0 Å². The molecular formula is C17H25NO2. The van der Waals surface area contributed by atoms with Crippen LogP contribution < -0.4 is 4.90 Å². The van der Waals surface area contributed by atoms with E-state index in [0.29, 0.717) is 12.3 Å². The third-order valence-electron chi connectivity index (χ3n) is 4.41. The lowest BCUT2D eigenvalue weighted by Crippen LogP contribution is -2.56. The van der Waals surface area contributed by atoms with Crippen LogP contribution in [0.3, 0.4) is 0 Å². The van der Waals surface area contributed by atoms with Gasteiger partial charge in [-0.1, -0.05) is 31.5 Å². The Morgan fingerprint density at radius 2 is 2.15 bits per heavy atom. The Hall–Kier alpha value is -1.51. The zero-order valence-electron chi connectivity index (χ0n) is 13.1.